The number of ether oxygens (including phenoxy) is 1. The average Bonchev–Trinajstić information content (AvgIpc) is 2.71. The van der Waals surface area contributed by atoms with E-state index in [1.165, 1.54) is 32.1 Å². The maximum absolute atomic E-state index is 12.3. The van der Waals surface area contributed by atoms with Crippen molar-refractivity contribution in [2.75, 3.05) is 13.2 Å². The van der Waals surface area contributed by atoms with Crippen molar-refractivity contribution >= 4 is 11.8 Å². The summed E-state index contributed by atoms with van der Waals surface area (Å²) in [6, 6.07) is -0.295. The fourth-order valence-corrected chi connectivity index (χ4v) is 4.43. The first-order valence-electron chi connectivity index (χ1n) is 12.5. The highest BCUT2D eigenvalue weighted by Gasteiger charge is 2.25. The number of unbranched alkanes of at least 4 members (excludes halogenated alkanes) is 4. The van der Waals surface area contributed by atoms with Crippen molar-refractivity contribution in [2.24, 2.45) is 5.92 Å². The normalized spacial score (nSPS) is 18.0. The summed E-state index contributed by atoms with van der Waals surface area (Å²) in [6.45, 7) is 6.42. The topological polar surface area (TPSA) is 75.6 Å². The molecule has 0 aromatic heterocycles. The van der Waals surface area contributed by atoms with E-state index in [4.69, 9.17) is 4.74 Å². The molecule has 0 spiro atoms. The lowest BCUT2D eigenvalue weighted by molar-refractivity contribution is -0.146. The lowest BCUT2D eigenvalue weighted by Crippen LogP contribution is -2.41. The van der Waals surface area contributed by atoms with Gasteiger partial charge in [0.1, 0.15) is 11.8 Å². The summed E-state index contributed by atoms with van der Waals surface area (Å²) in [7, 11) is 0. The monoisotopic (exact) mass is 425 g/mol. The van der Waals surface area contributed by atoms with Gasteiger partial charge in [0.2, 0.25) is 0 Å². The minimum absolute atomic E-state index is 0.184. The number of Topliss-reactive ketones (excluding diaryl/α,β-unsaturated/α-hetero) is 1. The third-order valence-electron chi connectivity index (χ3n) is 6.46. The zero-order valence-corrected chi connectivity index (χ0v) is 19.8. The van der Waals surface area contributed by atoms with Gasteiger partial charge in [-0.15, -0.1) is 0 Å². The van der Waals surface area contributed by atoms with E-state index in [0.717, 1.165) is 57.3 Å². The number of nitrogens with one attached hydrogen (secondary N) is 1. The Morgan fingerprint density at radius 2 is 1.73 bits per heavy atom. The molecule has 176 valence electrons. The number of aliphatic hydroxyl groups is 1. The van der Waals surface area contributed by atoms with Gasteiger partial charge in [0.25, 0.3) is 0 Å². The van der Waals surface area contributed by atoms with Gasteiger partial charge in [0, 0.05) is 6.42 Å². The fraction of sp³-hybridized carbons (Fsp3) is 0.920. The summed E-state index contributed by atoms with van der Waals surface area (Å²) in [6.07, 6.45) is 15.9. The molecule has 2 N–H and O–H groups in total. The molecule has 0 bridgehead atoms. The number of hydrogen-bond donors (Lipinski definition) is 2. The van der Waals surface area contributed by atoms with Gasteiger partial charge in [0.05, 0.1) is 12.2 Å². The van der Waals surface area contributed by atoms with Crippen LogP contribution in [0.25, 0.3) is 0 Å². The van der Waals surface area contributed by atoms with Crippen LogP contribution in [0.1, 0.15) is 117 Å². The molecule has 0 aromatic rings. The number of carbonyl (C=O) groups excluding carboxylic acids is 2. The van der Waals surface area contributed by atoms with Crippen molar-refractivity contribution in [3.05, 3.63) is 0 Å². The molecule has 1 saturated carbocycles. The molecular formula is C25H47NO4. The molecule has 30 heavy (non-hydrogen) atoms. The molecule has 0 radical (unpaired) electrons. The van der Waals surface area contributed by atoms with Gasteiger partial charge in [-0.05, 0) is 65.3 Å². The zero-order chi connectivity index (χ0) is 22.2. The molecular weight excluding hydrogens is 378 g/mol. The highest BCUT2D eigenvalue weighted by molar-refractivity contribution is 5.75. The number of carbonyl (C=O) groups is 2. The largest absolute Gasteiger partial charge is 0.465 e. The second-order valence-corrected chi connectivity index (χ2v) is 9.56. The SMILES string of the molecule is CCOC(=O)C(CCCCCCCC(C)=O)NCCC(C)(O)CCC1CCCCC1. The fourth-order valence-electron chi connectivity index (χ4n) is 4.43. The molecule has 1 aliphatic rings. The summed E-state index contributed by atoms with van der Waals surface area (Å²) in [5, 5.41) is 14.1. The summed E-state index contributed by atoms with van der Waals surface area (Å²) in [5.41, 5.74) is -0.680. The average molecular weight is 426 g/mol. The van der Waals surface area contributed by atoms with Crippen LogP contribution in [-0.2, 0) is 14.3 Å². The summed E-state index contributed by atoms with van der Waals surface area (Å²) >= 11 is 0. The second-order valence-electron chi connectivity index (χ2n) is 9.56. The van der Waals surface area contributed by atoms with Crippen molar-refractivity contribution in [1.29, 1.82) is 0 Å². The van der Waals surface area contributed by atoms with Crippen molar-refractivity contribution in [2.45, 2.75) is 129 Å². The van der Waals surface area contributed by atoms with Gasteiger partial charge in [-0.25, -0.2) is 0 Å². The Morgan fingerprint density at radius 3 is 2.40 bits per heavy atom. The predicted octanol–water partition coefficient (Wildman–Crippen LogP) is 5.33. The van der Waals surface area contributed by atoms with E-state index in [9.17, 15) is 14.7 Å². The molecule has 0 saturated heterocycles. The maximum Gasteiger partial charge on any atom is 0.323 e. The second kappa shape index (κ2) is 15.8. The Bertz CT molecular complexity index is 472. The molecule has 0 heterocycles. The van der Waals surface area contributed by atoms with Crippen molar-refractivity contribution in [3.8, 4) is 0 Å². The number of hydrogen-bond acceptors (Lipinski definition) is 5. The molecule has 1 aliphatic carbocycles. The standard InChI is InChI=1S/C25H47NO4/c1-4-30-24(28)23(16-12-7-5-6-9-13-21(2)27)26-20-19-25(3,29)18-17-22-14-10-8-11-15-22/h22-23,26,29H,4-20H2,1-3H3. The predicted molar refractivity (Wildman–Crippen MR) is 122 cm³/mol. The molecule has 1 fully saturated rings. The van der Waals surface area contributed by atoms with E-state index < -0.39 is 5.60 Å². The van der Waals surface area contributed by atoms with Crippen LogP contribution in [0.5, 0.6) is 0 Å². The van der Waals surface area contributed by atoms with Crippen molar-refractivity contribution in [1.82, 2.24) is 5.32 Å². The smallest absolute Gasteiger partial charge is 0.323 e. The van der Waals surface area contributed by atoms with Gasteiger partial charge >= 0.3 is 5.97 Å². The van der Waals surface area contributed by atoms with E-state index in [0.29, 0.717) is 26.0 Å². The minimum Gasteiger partial charge on any atom is -0.465 e. The Labute approximate surface area is 184 Å². The number of ketones is 1. The Hall–Kier alpha value is -0.940. The molecule has 5 heteroatoms. The van der Waals surface area contributed by atoms with Crippen LogP contribution in [0.4, 0.5) is 0 Å². The van der Waals surface area contributed by atoms with E-state index in [-0.39, 0.29) is 17.8 Å². The van der Waals surface area contributed by atoms with Crippen LogP contribution < -0.4 is 5.32 Å². The first-order valence-corrected chi connectivity index (χ1v) is 12.5. The van der Waals surface area contributed by atoms with Crippen molar-refractivity contribution < 1.29 is 19.4 Å². The molecule has 0 aromatic carbocycles. The minimum atomic E-state index is -0.680. The van der Waals surface area contributed by atoms with Crippen LogP contribution in [-0.4, -0.2) is 41.7 Å². The van der Waals surface area contributed by atoms with E-state index in [1.54, 1.807) is 6.92 Å². The number of esters is 1. The molecule has 0 aliphatic heterocycles. The van der Waals surface area contributed by atoms with Gasteiger partial charge < -0.3 is 20.0 Å². The van der Waals surface area contributed by atoms with Crippen LogP contribution in [0.2, 0.25) is 0 Å². The number of rotatable bonds is 17. The lowest BCUT2D eigenvalue weighted by Gasteiger charge is -2.28. The van der Waals surface area contributed by atoms with Gasteiger partial charge in [-0.3, -0.25) is 4.79 Å². The molecule has 2 unspecified atom stereocenters. The van der Waals surface area contributed by atoms with Gasteiger partial charge in [0.15, 0.2) is 0 Å². The quantitative estimate of drug-likeness (QED) is 0.243. The lowest BCUT2D eigenvalue weighted by atomic mass is 9.83. The van der Waals surface area contributed by atoms with Crippen molar-refractivity contribution in [3.63, 3.8) is 0 Å². The maximum atomic E-state index is 12.3. The molecule has 1 rings (SSSR count). The highest BCUT2D eigenvalue weighted by atomic mass is 16.5. The summed E-state index contributed by atoms with van der Waals surface area (Å²) in [4.78, 5) is 23.3. The first kappa shape index (κ1) is 27.1. The van der Waals surface area contributed by atoms with Gasteiger partial charge in [-0.2, -0.15) is 0 Å². The summed E-state index contributed by atoms with van der Waals surface area (Å²) in [5.74, 6) is 0.855. The third-order valence-corrected chi connectivity index (χ3v) is 6.46. The van der Waals surface area contributed by atoms with E-state index in [2.05, 4.69) is 5.32 Å². The summed E-state index contributed by atoms with van der Waals surface area (Å²) < 4.78 is 5.23. The zero-order valence-electron chi connectivity index (χ0n) is 19.8. The van der Waals surface area contributed by atoms with Crippen LogP contribution in [0.3, 0.4) is 0 Å². The van der Waals surface area contributed by atoms with Crippen LogP contribution >= 0.6 is 0 Å². The van der Waals surface area contributed by atoms with E-state index >= 15 is 0 Å². The highest BCUT2D eigenvalue weighted by Crippen LogP contribution is 2.30. The first-order chi connectivity index (χ1) is 14.3. The Morgan fingerprint density at radius 1 is 1.07 bits per heavy atom. The third kappa shape index (κ3) is 13.4. The Balaban J connectivity index is 2.27. The van der Waals surface area contributed by atoms with Gasteiger partial charge in [-0.1, -0.05) is 57.8 Å². The van der Waals surface area contributed by atoms with Crippen LogP contribution in [0, 0.1) is 5.92 Å². The molecule has 0 amide bonds. The van der Waals surface area contributed by atoms with Crippen LogP contribution in [0.15, 0.2) is 0 Å². The Kier molecular flexibility index (Phi) is 14.3. The van der Waals surface area contributed by atoms with E-state index in [1.807, 2.05) is 13.8 Å². The molecule has 5 nitrogen and oxygen atoms in total. The molecule has 2 atom stereocenters.